The van der Waals surface area contributed by atoms with E-state index in [-0.39, 0.29) is 42.4 Å². The number of methoxy groups -OCH3 is 1. The van der Waals surface area contributed by atoms with Crippen molar-refractivity contribution in [1.29, 1.82) is 0 Å². The van der Waals surface area contributed by atoms with Gasteiger partial charge < -0.3 is 21.5 Å². The van der Waals surface area contributed by atoms with E-state index in [1.807, 2.05) is 19.1 Å². The molecule has 0 saturated carbocycles. The van der Waals surface area contributed by atoms with Crippen LogP contribution in [-0.4, -0.2) is 26.0 Å². The number of anilines is 3. The predicted molar refractivity (Wildman–Crippen MR) is 109 cm³/mol. The van der Waals surface area contributed by atoms with Crippen molar-refractivity contribution in [3.8, 4) is 11.5 Å². The van der Waals surface area contributed by atoms with Crippen molar-refractivity contribution in [2.45, 2.75) is 19.1 Å². The average molecular weight is 457 g/mol. The number of aliphatic imine (C=N–C) groups is 1. The van der Waals surface area contributed by atoms with E-state index >= 15 is 0 Å². The van der Waals surface area contributed by atoms with Crippen LogP contribution in [0.4, 0.5) is 30.2 Å². The van der Waals surface area contributed by atoms with Crippen LogP contribution < -0.4 is 60.0 Å². The summed E-state index contributed by atoms with van der Waals surface area (Å²) < 4.78 is 50.6. The number of nitrogens with zero attached hydrogens (tertiary/aromatic N) is 2. The van der Waals surface area contributed by atoms with Crippen molar-refractivity contribution < 1.29 is 58.5 Å². The molecule has 32 heavy (non-hydrogen) atoms. The van der Waals surface area contributed by atoms with Crippen molar-refractivity contribution in [1.82, 2.24) is 5.48 Å². The third kappa shape index (κ3) is 3.75. The van der Waals surface area contributed by atoms with Crippen LogP contribution in [0.5, 0.6) is 11.5 Å². The van der Waals surface area contributed by atoms with Crippen molar-refractivity contribution in [2.75, 3.05) is 29.4 Å². The second-order valence-electron chi connectivity index (χ2n) is 7.16. The van der Waals surface area contributed by atoms with E-state index in [0.717, 1.165) is 23.4 Å². The van der Waals surface area contributed by atoms with E-state index in [1.54, 1.807) is 17.2 Å². The molecule has 2 aromatic carbocycles. The molecule has 2 bridgehead atoms. The van der Waals surface area contributed by atoms with Crippen molar-refractivity contribution in [3.05, 3.63) is 53.4 Å². The molecule has 3 aliphatic rings. The zero-order chi connectivity index (χ0) is 21.8. The van der Waals surface area contributed by atoms with Gasteiger partial charge in [-0.15, -0.1) is 0 Å². The first kappa shape index (κ1) is 22.6. The van der Waals surface area contributed by atoms with Gasteiger partial charge in [0.15, 0.2) is 6.73 Å². The number of hydroxylamine groups is 1. The molecule has 0 spiro atoms. The summed E-state index contributed by atoms with van der Waals surface area (Å²) in [5.41, 5.74) is 4.38. The van der Waals surface area contributed by atoms with Gasteiger partial charge in [0, 0.05) is 23.5 Å². The molecule has 0 aliphatic carbocycles. The largest absolute Gasteiger partial charge is 1.00 e. The predicted octanol–water partition coefficient (Wildman–Crippen LogP) is 0.973. The normalized spacial score (nSPS) is 20.7. The summed E-state index contributed by atoms with van der Waals surface area (Å²) in [4.78, 5) is 12.0. The Labute approximate surface area is 205 Å². The maximum atomic E-state index is 13.4. The van der Waals surface area contributed by atoms with Crippen LogP contribution in [0, 0.1) is 0 Å². The molecule has 5 rings (SSSR count). The Morgan fingerprint density at radius 2 is 2.06 bits per heavy atom. The molecule has 0 aromatic heterocycles. The fourth-order valence-corrected chi connectivity index (χ4v) is 3.62. The number of rotatable bonds is 4. The number of halogens is 3. The van der Waals surface area contributed by atoms with Crippen LogP contribution in [0.3, 0.4) is 0 Å². The Hall–Kier alpha value is -2.60. The minimum atomic E-state index is -4.54. The van der Waals surface area contributed by atoms with Crippen molar-refractivity contribution >= 4 is 23.3 Å². The Morgan fingerprint density at radius 3 is 2.81 bits per heavy atom. The molecule has 1 atom stereocenters. The second kappa shape index (κ2) is 8.07. The summed E-state index contributed by atoms with van der Waals surface area (Å²) in [5.74, 6) is -0.171. The molecule has 0 radical (unpaired) electrons. The van der Waals surface area contributed by atoms with E-state index in [9.17, 15) is 13.2 Å². The van der Waals surface area contributed by atoms with E-state index in [2.05, 4.69) is 21.1 Å². The minimum Gasteiger partial charge on any atom is -1.00 e. The van der Waals surface area contributed by atoms with Gasteiger partial charge in [0.2, 0.25) is 0 Å². The third-order valence-corrected chi connectivity index (χ3v) is 5.11. The van der Waals surface area contributed by atoms with E-state index in [0.29, 0.717) is 24.0 Å². The zero-order valence-electron chi connectivity index (χ0n) is 18.5. The molecule has 164 valence electrons. The number of ether oxygens (including phenoxy) is 2. The molecule has 12 heteroatoms. The van der Waals surface area contributed by atoms with E-state index in [1.165, 1.54) is 13.2 Å². The van der Waals surface area contributed by atoms with Crippen LogP contribution in [-0.2, 0) is 11.0 Å². The molecule has 3 heterocycles. The number of hydrogen-bond acceptors (Lipinski definition) is 8. The molecule has 1 fully saturated rings. The van der Waals surface area contributed by atoms with Crippen LogP contribution in [0.2, 0.25) is 0 Å². The average Bonchev–Trinajstić information content (AvgIpc) is 3.31. The monoisotopic (exact) mass is 457 g/mol. The van der Waals surface area contributed by atoms with Crippen LogP contribution >= 0.6 is 0 Å². The molecule has 8 nitrogen and oxygen atoms in total. The van der Waals surface area contributed by atoms with Gasteiger partial charge in [-0.3, -0.25) is 4.90 Å². The van der Waals surface area contributed by atoms with Gasteiger partial charge in [-0.2, -0.15) is 13.2 Å². The molecule has 0 amide bonds. The van der Waals surface area contributed by atoms with Gasteiger partial charge in [-0.05, 0) is 37.3 Å². The summed E-state index contributed by atoms with van der Waals surface area (Å²) in [5, 5.41) is 6.10. The maximum Gasteiger partial charge on any atom is 1.00 e. The van der Waals surface area contributed by atoms with Gasteiger partial charge in [-0.1, -0.05) is 0 Å². The summed E-state index contributed by atoms with van der Waals surface area (Å²) in [6.07, 6.45) is -2.95. The first-order valence-corrected chi connectivity index (χ1v) is 9.35. The smallest absolute Gasteiger partial charge is 1.00 e. The molecule has 1 saturated heterocycles. The number of fused-ring (bicyclic) bond motifs is 3. The fraction of sp³-hybridized carbons (Fsp3) is 0.250. The van der Waals surface area contributed by atoms with Crippen molar-refractivity contribution in [3.63, 3.8) is 0 Å². The Morgan fingerprint density at radius 1 is 1.25 bits per heavy atom. The van der Waals surface area contributed by atoms with Gasteiger partial charge >= 0.3 is 41.7 Å². The standard InChI is InChI=1S/C20H18F3N5O3.Na.H/c1-11-9-25-20(26-13-5-12(19(21,22)23)6-15(7-13)29-2)28(18(11)27-31-20)14-3-4-17-16(8-14)24-10-30-17;;/h3-9,24,26-27H,10H2,1-2H3;;/q;+1;-1. The maximum absolute atomic E-state index is 13.4. The number of nitrogens with one attached hydrogen (secondary N) is 3. The van der Waals surface area contributed by atoms with Gasteiger partial charge in [0.25, 0.3) is 0 Å². The van der Waals surface area contributed by atoms with E-state index in [4.69, 9.17) is 14.3 Å². The molecule has 3 aliphatic heterocycles. The molecule has 1 unspecified atom stereocenters. The van der Waals surface area contributed by atoms with Gasteiger partial charge in [0.05, 0.1) is 24.0 Å². The van der Waals surface area contributed by atoms with Crippen LogP contribution in [0.1, 0.15) is 13.9 Å². The second-order valence-corrected chi connectivity index (χ2v) is 7.16. The number of hydrogen-bond donors (Lipinski definition) is 3. The first-order valence-electron chi connectivity index (χ1n) is 9.35. The van der Waals surface area contributed by atoms with Gasteiger partial charge in [-0.25, -0.2) is 15.3 Å². The van der Waals surface area contributed by atoms with E-state index < -0.39 is 17.7 Å². The number of alkyl halides is 3. The Balaban J connectivity index is 0.00000153. The topological polar surface area (TPSA) is 79.4 Å². The minimum absolute atomic E-state index is 0. The fourth-order valence-electron chi connectivity index (χ4n) is 3.62. The number of allylic oxidation sites excluding steroid dienone is 1. The van der Waals surface area contributed by atoms with Crippen LogP contribution in [0.15, 0.2) is 52.8 Å². The van der Waals surface area contributed by atoms with Gasteiger partial charge in [0.1, 0.15) is 17.3 Å². The third-order valence-electron chi connectivity index (χ3n) is 5.11. The van der Waals surface area contributed by atoms with Crippen molar-refractivity contribution in [2.24, 2.45) is 4.99 Å². The molecular weight excluding hydrogens is 438 g/mol. The summed E-state index contributed by atoms with van der Waals surface area (Å²) in [6, 6.07) is 8.84. The molecule has 3 N–H and O–H groups in total. The summed E-state index contributed by atoms with van der Waals surface area (Å²) >= 11 is 0. The molecular formula is C20H19F3N5NaO3. The summed E-state index contributed by atoms with van der Waals surface area (Å²) in [7, 11) is 1.31. The molecule has 2 aromatic rings. The summed E-state index contributed by atoms with van der Waals surface area (Å²) in [6.45, 7) is 2.21. The quantitative estimate of drug-likeness (QED) is 0.591. The Kier molecular flexibility index (Phi) is 5.70. The SMILES string of the molecule is COc1cc(NC23N=CC(C)=C(NO2)N3c2ccc3c(c2)NCO3)cc(C(F)(F)F)c1.[H-].[Na+]. The van der Waals surface area contributed by atoms with Crippen LogP contribution in [0.25, 0.3) is 0 Å². The zero-order valence-corrected chi connectivity index (χ0v) is 19.5. The number of benzene rings is 2. The Bertz CT molecular complexity index is 1130. The first-order chi connectivity index (χ1) is 14.8.